The molecule has 0 aliphatic rings. The molecule has 0 bridgehead atoms. The first kappa shape index (κ1) is 14.2. The quantitative estimate of drug-likeness (QED) is 0.930. The molecule has 1 N–H and O–H groups in total. The van der Waals surface area contributed by atoms with Crippen molar-refractivity contribution < 1.29 is 0 Å². The van der Waals surface area contributed by atoms with Gasteiger partial charge in [-0.25, -0.2) is 0 Å². The molecule has 0 aliphatic heterocycles. The SMILES string of the molecule is CNc1nc(-c2c(C)cc(C)cc2C)nc(N(C)C)n1. The lowest BCUT2D eigenvalue weighted by Gasteiger charge is -2.15. The number of rotatable bonds is 3. The molecule has 20 heavy (non-hydrogen) atoms. The molecule has 2 rings (SSSR count). The second-order valence-electron chi connectivity index (χ2n) is 5.20. The Labute approximate surface area is 120 Å². The van der Waals surface area contributed by atoms with Gasteiger partial charge in [-0.05, 0) is 31.9 Å². The zero-order chi connectivity index (χ0) is 14.9. The number of benzene rings is 1. The Morgan fingerprint density at radius 3 is 2.05 bits per heavy atom. The minimum atomic E-state index is 0.582. The number of anilines is 2. The van der Waals surface area contributed by atoms with E-state index in [1.165, 1.54) is 16.7 Å². The van der Waals surface area contributed by atoms with Crippen LogP contribution in [-0.2, 0) is 0 Å². The van der Waals surface area contributed by atoms with E-state index >= 15 is 0 Å². The Bertz CT molecular complexity index is 611. The summed E-state index contributed by atoms with van der Waals surface area (Å²) in [7, 11) is 5.66. The third kappa shape index (κ3) is 2.71. The van der Waals surface area contributed by atoms with Crippen LogP contribution in [0.5, 0.6) is 0 Å². The van der Waals surface area contributed by atoms with Gasteiger partial charge < -0.3 is 10.2 Å². The first-order chi connectivity index (χ1) is 9.42. The fourth-order valence-corrected chi connectivity index (χ4v) is 2.32. The number of nitrogens with one attached hydrogen (secondary N) is 1. The highest BCUT2D eigenvalue weighted by Gasteiger charge is 2.13. The molecule has 0 saturated heterocycles. The normalized spacial score (nSPS) is 10.5. The van der Waals surface area contributed by atoms with E-state index in [1.54, 1.807) is 0 Å². The van der Waals surface area contributed by atoms with Crippen molar-refractivity contribution in [2.24, 2.45) is 0 Å². The molecule has 5 heteroatoms. The summed E-state index contributed by atoms with van der Waals surface area (Å²) in [6, 6.07) is 4.31. The van der Waals surface area contributed by atoms with Crippen LogP contribution in [-0.4, -0.2) is 36.1 Å². The van der Waals surface area contributed by atoms with E-state index in [-0.39, 0.29) is 0 Å². The van der Waals surface area contributed by atoms with E-state index in [2.05, 4.69) is 53.2 Å². The Balaban J connectivity index is 2.66. The van der Waals surface area contributed by atoms with Crippen LogP contribution in [0, 0.1) is 20.8 Å². The fraction of sp³-hybridized carbons (Fsp3) is 0.400. The minimum Gasteiger partial charge on any atom is -0.357 e. The van der Waals surface area contributed by atoms with Gasteiger partial charge in [0.2, 0.25) is 11.9 Å². The predicted molar refractivity (Wildman–Crippen MR) is 83.3 cm³/mol. The van der Waals surface area contributed by atoms with Gasteiger partial charge in [-0.15, -0.1) is 0 Å². The summed E-state index contributed by atoms with van der Waals surface area (Å²) in [5.74, 6) is 1.94. The van der Waals surface area contributed by atoms with Crippen LogP contribution < -0.4 is 10.2 Å². The second-order valence-corrected chi connectivity index (χ2v) is 5.20. The van der Waals surface area contributed by atoms with Crippen molar-refractivity contribution in [1.82, 2.24) is 15.0 Å². The Morgan fingerprint density at radius 2 is 1.55 bits per heavy atom. The molecule has 0 amide bonds. The number of aryl methyl sites for hydroxylation is 3. The molecule has 0 saturated carbocycles. The topological polar surface area (TPSA) is 53.9 Å². The average molecular weight is 271 g/mol. The van der Waals surface area contributed by atoms with Gasteiger partial charge in [0.1, 0.15) is 0 Å². The van der Waals surface area contributed by atoms with Crippen molar-refractivity contribution in [2.75, 3.05) is 31.4 Å². The lowest BCUT2D eigenvalue weighted by atomic mass is 9.99. The van der Waals surface area contributed by atoms with Gasteiger partial charge >= 0.3 is 0 Å². The summed E-state index contributed by atoms with van der Waals surface area (Å²) in [5.41, 5.74) is 4.69. The molecule has 2 aromatic rings. The standard InChI is InChI=1S/C15H21N5/c1-9-7-10(2)12(11(3)8-9)13-17-14(16-4)19-15(18-13)20(5)6/h7-8H,1-6H3,(H,16,17,18,19). The van der Waals surface area contributed by atoms with Gasteiger partial charge in [0.05, 0.1) is 0 Å². The first-order valence-corrected chi connectivity index (χ1v) is 6.61. The molecular weight excluding hydrogens is 250 g/mol. The smallest absolute Gasteiger partial charge is 0.230 e. The molecule has 0 spiro atoms. The third-order valence-electron chi connectivity index (χ3n) is 3.15. The van der Waals surface area contributed by atoms with E-state index in [4.69, 9.17) is 0 Å². The van der Waals surface area contributed by atoms with Crippen LogP contribution in [0.25, 0.3) is 11.4 Å². The van der Waals surface area contributed by atoms with Crippen molar-refractivity contribution in [3.05, 3.63) is 28.8 Å². The maximum absolute atomic E-state index is 4.57. The zero-order valence-electron chi connectivity index (χ0n) is 12.9. The van der Waals surface area contributed by atoms with Gasteiger partial charge in [0, 0.05) is 26.7 Å². The summed E-state index contributed by atoms with van der Waals surface area (Å²) < 4.78 is 0. The van der Waals surface area contributed by atoms with Crippen LogP contribution >= 0.6 is 0 Å². The zero-order valence-corrected chi connectivity index (χ0v) is 12.9. The van der Waals surface area contributed by atoms with Crippen molar-refractivity contribution in [3.8, 4) is 11.4 Å². The van der Waals surface area contributed by atoms with Gasteiger partial charge in [-0.2, -0.15) is 15.0 Å². The Hall–Kier alpha value is -2.17. The summed E-state index contributed by atoms with van der Waals surface area (Å²) in [5, 5.41) is 2.99. The molecule has 0 atom stereocenters. The molecule has 1 aromatic carbocycles. The van der Waals surface area contributed by atoms with Crippen molar-refractivity contribution >= 4 is 11.9 Å². The van der Waals surface area contributed by atoms with Crippen LogP contribution in [0.2, 0.25) is 0 Å². The van der Waals surface area contributed by atoms with E-state index in [0.717, 1.165) is 5.56 Å². The average Bonchev–Trinajstić information content (AvgIpc) is 2.37. The molecule has 5 nitrogen and oxygen atoms in total. The van der Waals surface area contributed by atoms with Crippen molar-refractivity contribution in [2.45, 2.75) is 20.8 Å². The molecule has 0 unspecified atom stereocenters. The van der Waals surface area contributed by atoms with Crippen molar-refractivity contribution in [1.29, 1.82) is 0 Å². The highest BCUT2D eigenvalue weighted by molar-refractivity contribution is 5.67. The maximum Gasteiger partial charge on any atom is 0.230 e. The largest absolute Gasteiger partial charge is 0.357 e. The third-order valence-corrected chi connectivity index (χ3v) is 3.15. The second kappa shape index (κ2) is 5.45. The van der Waals surface area contributed by atoms with Gasteiger partial charge in [-0.1, -0.05) is 17.7 Å². The summed E-state index contributed by atoms with van der Waals surface area (Å²) >= 11 is 0. The molecule has 106 valence electrons. The Kier molecular flexibility index (Phi) is 3.88. The van der Waals surface area contributed by atoms with E-state index < -0.39 is 0 Å². The van der Waals surface area contributed by atoms with Gasteiger partial charge in [0.25, 0.3) is 0 Å². The van der Waals surface area contributed by atoms with Gasteiger partial charge in [0.15, 0.2) is 5.82 Å². The Morgan fingerprint density at radius 1 is 0.950 bits per heavy atom. The lowest BCUT2D eigenvalue weighted by molar-refractivity contribution is 0.961. The van der Waals surface area contributed by atoms with E-state index in [1.807, 2.05) is 26.0 Å². The summed E-state index contributed by atoms with van der Waals surface area (Å²) in [6.07, 6.45) is 0. The number of hydrogen-bond donors (Lipinski definition) is 1. The van der Waals surface area contributed by atoms with Crippen LogP contribution in [0.15, 0.2) is 12.1 Å². The molecule has 0 aliphatic carbocycles. The van der Waals surface area contributed by atoms with Crippen molar-refractivity contribution in [3.63, 3.8) is 0 Å². The highest BCUT2D eigenvalue weighted by atomic mass is 15.3. The predicted octanol–water partition coefficient (Wildman–Crippen LogP) is 2.57. The van der Waals surface area contributed by atoms with Crippen LogP contribution in [0.1, 0.15) is 16.7 Å². The molecular formula is C15H21N5. The number of nitrogens with zero attached hydrogens (tertiary/aromatic N) is 4. The summed E-state index contributed by atoms with van der Waals surface area (Å²) in [6.45, 7) is 6.28. The minimum absolute atomic E-state index is 0.582. The van der Waals surface area contributed by atoms with E-state index in [0.29, 0.717) is 17.7 Å². The molecule has 1 heterocycles. The first-order valence-electron chi connectivity index (χ1n) is 6.61. The van der Waals surface area contributed by atoms with E-state index in [9.17, 15) is 0 Å². The molecule has 1 aromatic heterocycles. The number of hydrogen-bond acceptors (Lipinski definition) is 5. The number of aromatic nitrogens is 3. The fourth-order valence-electron chi connectivity index (χ4n) is 2.32. The van der Waals surface area contributed by atoms with Crippen LogP contribution in [0.4, 0.5) is 11.9 Å². The summed E-state index contributed by atoms with van der Waals surface area (Å²) in [4.78, 5) is 15.3. The molecule has 0 radical (unpaired) electrons. The maximum atomic E-state index is 4.57. The molecule has 0 fully saturated rings. The monoisotopic (exact) mass is 271 g/mol. The lowest BCUT2D eigenvalue weighted by Crippen LogP contribution is -2.15. The highest BCUT2D eigenvalue weighted by Crippen LogP contribution is 2.27. The van der Waals surface area contributed by atoms with Crippen LogP contribution in [0.3, 0.4) is 0 Å². The van der Waals surface area contributed by atoms with Gasteiger partial charge in [-0.3, -0.25) is 0 Å².